The van der Waals surface area contributed by atoms with Crippen molar-refractivity contribution in [2.75, 3.05) is 6.54 Å². The summed E-state index contributed by atoms with van der Waals surface area (Å²) in [5, 5.41) is 7.54. The van der Waals surface area contributed by atoms with Crippen molar-refractivity contribution < 1.29 is 9.53 Å². The topological polar surface area (TPSA) is 73.1 Å². The number of carbonyl (C=O) groups excluding carboxylic acids is 1. The molecule has 0 radical (unpaired) electrons. The van der Waals surface area contributed by atoms with Gasteiger partial charge in [-0.15, -0.1) is 0 Å². The molecule has 3 aromatic rings. The SMILES string of the molecule is O=C(c1ccnnc1)N1Cc2cccn2C[C@H](Oc2cccnc2)C1. The van der Waals surface area contributed by atoms with Crippen molar-refractivity contribution in [3.8, 4) is 5.75 Å². The van der Waals surface area contributed by atoms with Gasteiger partial charge in [0, 0.05) is 18.1 Å². The lowest BCUT2D eigenvalue weighted by molar-refractivity contribution is 0.0651. The van der Waals surface area contributed by atoms with Gasteiger partial charge in [-0.3, -0.25) is 9.78 Å². The van der Waals surface area contributed by atoms with Gasteiger partial charge in [-0.25, -0.2) is 0 Å². The van der Waals surface area contributed by atoms with Crippen LogP contribution in [0.2, 0.25) is 0 Å². The predicted octanol–water partition coefficient (Wildman–Crippen LogP) is 1.78. The number of amides is 1. The van der Waals surface area contributed by atoms with Gasteiger partial charge in [0.1, 0.15) is 11.9 Å². The first kappa shape index (κ1) is 15.3. The number of aromatic nitrogens is 4. The van der Waals surface area contributed by atoms with Gasteiger partial charge in [0.2, 0.25) is 0 Å². The lowest BCUT2D eigenvalue weighted by atomic mass is 10.2. The van der Waals surface area contributed by atoms with E-state index >= 15 is 0 Å². The second-order valence-electron chi connectivity index (χ2n) is 5.90. The molecule has 7 heteroatoms. The fourth-order valence-electron chi connectivity index (χ4n) is 2.99. The first-order chi connectivity index (χ1) is 12.3. The Labute approximate surface area is 144 Å². The maximum Gasteiger partial charge on any atom is 0.256 e. The third-order valence-electron chi connectivity index (χ3n) is 4.16. The highest BCUT2D eigenvalue weighted by Crippen LogP contribution is 2.19. The van der Waals surface area contributed by atoms with E-state index in [0.717, 1.165) is 5.69 Å². The zero-order valence-electron chi connectivity index (χ0n) is 13.5. The van der Waals surface area contributed by atoms with Crippen LogP contribution in [0, 0.1) is 0 Å². The van der Waals surface area contributed by atoms with Crippen molar-refractivity contribution in [3.05, 3.63) is 72.6 Å². The smallest absolute Gasteiger partial charge is 0.256 e. The highest BCUT2D eigenvalue weighted by Gasteiger charge is 2.27. The Morgan fingerprint density at radius 3 is 2.84 bits per heavy atom. The molecule has 126 valence electrons. The van der Waals surface area contributed by atoms with Crippen LogP contribution in [-0.2, 0) is 13.1 Å². The first-order valence-corrected chi connectivity index (χ1v) is 8.06. The lowest BCUT2D eigenvalue weighted by Gasteiger charge is -2.24. The molecule has 3 aromatic heterocycles. The van der Waals surface area contributed by atoms with Gasteiger partial charge >= 0.3 is 0 Å². The molecular formula is C18H17N5O2. The van der Waals surface area contributed by atoms with Crippen molar-refractivity contribution in [1.29, 1.82) is 0 Å². The summed E-state index contributed by atoms with van der Waals surface area (Å²) < 4.78 is 8.20. The Morgan fingerprint density at radius 1 is 1.08 bits per heavy atom. The normalized spacial score (nSPS) is 16.8. The van der Waals surface area contributed by atoms with E-state index < -0.39 is 0 Å². The minimum atomic E-state index is -0.170. The van der Waals surface area contributed by atoms with Gasteiger partial charge in [-0.05, 0) is 30.3 Å². The monoisotopic (exact) mass is 335 g/mol. The van der Waals surface area contributed by atoms with Crippen LogP contribution in [0.25, 0.3) is 0 Å². The molecule has 1 aliphatic heterocycles. The van der Waals surface area contributed by atoms with Crippen LogP contribution in [0.5, 0.6) is 5.75 Å². The number of rotatable bonds is 3. The second kappa shape index (κ2) is 6.72. The molecule has 1 aliphatic rings. The Hall–Kier alpha value is -3.22. The van der Waals surface area contributed by atoms with Crippen molar-refractivity contribution >= 4 is 5.91 Å². The molecule has 4 rings (SSSR count). The Kier molecular flexibility index (Phi) is 4.12. The van der Waals surface area contributed by atoms with Crippen LogP contribution in [0.15, 0.2) is 61.3 Å². The molecule has 0 spiro atoms. The Morgan fingerprint density at radius 2 is 2.04 bits per heavy atom. The molecule has 4 heterocycles. The summed E-state index contributed by atoms with van der Waals surface area (Å²) in [7, 11) is 0. The maximum absolute atomic E-state index is 12.9. The van der Waals surface area contributed by atoms with E-state index in [1.807, 2.05) is 30.5 Å². The number of carbonyl (C=O) groups is 1. The van der Waals surface area contributed by atoms with Gasteiger partial charge < -0.3 is 14.2 Å². The maximum atomic E-state index is 12.9. The number of fused-ring (bicyclic) bond motifs is 1. The molecule has 25 heavy (non-hydrogen) atoms. The number of ether oxygens (including phenoxy) is 1. The fraction of sp³-hybridized carbons (Fsp3) is 0.222. The van der Waals surface area contributed by atoms with E-state index in [1.54, 1.807) is 23.4 Å². The molecule has 0 aromatic carbocycles. The highest BCUT2D eigenvalue weighted by atomic mass is 16.5. The molecule has 1 atom stereocenters. The van der Waals surface area contributed by atoms with Crippen molar-refractivity contribution in [1.82, 2.24) is 24.6 Å². The third-order valence-corrected chi connectivity index (χ3v) is 4.16. The molecule has 0 aliphatic carbocycles. The van der Waals surface area contributed by atoms with E-state index in [9.17, 15) is 4.79 Å². The van der Waals surface area contributed by atoms with E-state index in [-0.39, 0.29) is 12.0 Å². The highest BCUT2D eigenvalue weighted by molar-refractivity contribution is 5.93. The van der Waals surface area contributed by atoms with Gasteiger partial charge in [0.15, 0.2) is 0 Å². The number of pyridine rings is 1. The van der Waals surface area contributed by atoms with E-state index in [4.69, 9.17) is 4.74 Å². The molecule has 0 N–H and O–H groups in total. The summed E-state index contributed by atoms with van der Waals surface area (Å²) in [5.41, 5.74) is 1.60. The van der Waals surface area contributed by atoms with Crippen LogP contribution >= 0.6 is 0 Å². The van der Waals surface area contributed by atoms with Crippen LogP contribution in [0.3, 0.4) is 0 Å². The summed E-state index contributed by atoms with van der Waals surface area (Å²) in [5.74, 6) is 0.616. The number of hydrogen-bond acceptors (Lipinski definition) is 5. The standard InChI is InChI=1S/C18H17N5O2/c24-18(14-5-7-20-21-9-14)23-11-15-3-2-8-22(15)12-17(13-23)25-16-4-1-6-19-10-16/h1-10,17H,11-13H2/t17-/m0/s1. The average molecular weight is 335 g/mol. The third kappa shape index (κ3) is 3.35. The summed E-state index contributed by atoms with van der Waals surface area (Å²) >= 11 is 0. The van der Waals surface area contributed by atoms with Crippen LogP contribution in [-0.4, -0.2) is 43.2 Å². The van der Waals surface area contributed by atoms with Crippen LogP contribution in [0.1, 0.15) is 16.1 Å². The Bertz CT molecular complexity index is 850. The molecular weight excluding hydrogens is 318 g/mol. The minimum absolute atomic E-state index is 0.0793. The molecule has 0 saturated heterocycles. The van der Waals surface area contributed by atoms with Gasteiger partial charge in [0.05, 0.1) is 43.8 Å². The first-order valence-electron chi connectivity index (χ1n) is 8.06. The largest absolute Gasteiger partial charge is 0.485 e. The molecule has 1 amide bonds. The average Bonchev–Trinajstić information content (AvgIpc) is 3.01. The number of hydrogen-bond donors (Lipinski definition) is 0. The summed E-state index contributed by atoms with van der Waals surface area (Å²) in [6.07, 6.45) is 8.24. The summed E-state index contributed by atoms with van der Waals surface area (Å²) in [6.45, 7) is 1.69. The van der Waals surface area contributed by atoms with Crippen molar-refractivity contribution in [2.24, 2.45) is 0 Å². The van der Waals surface area contributed by atoms with Crippen molar-refractivity contribution in [3.63, 3.8) is 0 Å². The fourth-order valence-corrected chi connectivity index (χ4v) is 2.99. The summed E-state index contributed by atoms with van der Waals surface area (Å²) in [4.78, 5) is 18.7. The predicted molar refractivity (Wildman–Crippen MR) is 89.9 cm³/mol. The quantitative estimate of drug-likeness (QED) is 0.729. The molecule has 0 bridgehead atoms. The minimum Gasteiger partial charge on any atom is -0.485 e. The van der Waals surface area contributed by atoms with Gasteiger partial charge in [-0.1, -0.05) is 0 Å². The van der Waals surface area contributed by atoms with Crippen LogP contribution in [0.4, 0.5) is 0 Å². The van der Waals surface area contributed by atoms with E-state index in [1.165, 1.54) is 12.4 Å². The van der Waals surface area contributed by atoms with E-state index in [0.29, 0.717) is 30.9 Å². The molecule has 7 nitrogen and oxygen atoms in total. The van der Waals surface area contributed by atoms with Gasteiger partial charge in [0.25, 0.3) is 5.91 Å². The second-order valence-corrected chi connectivity index (χ2v) is 5.90. The van der Waals surface area contributed by atoms with E-state index in [2.05, 4.69) is 19.7 Å². The van der Waals surface area contributed by atoms with Gasteiger partial charge in [-0.2, -0.15) is 10.2 Å². The molecule has 0 fully saturated rings. The molecule has 0 saturated carbocycles. The Balaban J connectivity index is 1.60. The van der Waals surface area contributed by atoms with Crippen molar-refractivity contribution in [2.45, 2.75) is 19.2 Å². The lowest BCUT2D eigenvalue weighted by Crippen LogP contribution is -2.38. The molecule has 0 unspecified atom stereocenters. The number of nitrogens with zero attached hydrogens (tertiary/aromatic N) is 5. The summed E-state index contributed by atoms with van der Waals surface area (Å²) in [6, 6.07) is 9.39. The zero-order chi connectivity index (χ0) is 17.1. The zero-order valence-corrected chi connectivity index (χ0v) is 13.5. The van der Waals surface area contributed by atoms with Crippen LogP contribution < -0.4 is 4.74 Å².